The minimum Gasteiger partial charge on any atom is -0.406 e. The van der Waals surface area contributed by atoms with Crippen molar-refractivity contribution in [2.75, 3.05) is 6.61 Å². The third kappa shape index (κ3) is 5.81. The first-order chi connectivity index (χ1) is 15.5. The zero-order valence-corrected chi connectivity index (χ0v) is 20.0. The van der Waals surface area contributed by atoms with Gasteiger partial charge in [-0.05, 0) is 51.2 Å². The maximum absolute atomic E-state index is 6.81. The van der Waals surface area contributed by atoms with Gasteiger partial charge in [-0.15, -0.1) is 0 Å². The molecule has 0 heterocycles. The number of hydrogen-bond donors (Lipinski definition) is 0. The Morgan fingerprint density at radius 3 is 1.69 bits per heavy atom. The molecule has 0 aromatic heterocycles. The zero-order valence-electron chi connectivity index (χ0n) is 19.0. The van der Waals surface area contributed by atoms with E-state index in [1.165, 1.54) is 10.4 Å². The SMILES string of the molecule is CC(C)(C)[Si](OCCC#CC#CC#Cc1ccccc1)(c1ccccc1)c1ccccc1. The second kappa shape index (κ2) is 11.2. The summed E-state index contributed by atoms with van der Waals surface area (Å²) in [6.45, 7) is 7.41. The van der Waals surface area contributed by atoms with Crippen molar-refractivity contribution in [1.82, 2.24) is 0 Å². The fourth-order valence-electron chi connectivity index (χ4n) is 3.81. The van der Waals surface area contributed by atoms with Gasteiger partial charge in [0.25, 0.3) is 8.32 Å². The molecule has 0 saturated carbocycles. The lowest BCUT2D eigenvalue weighted by Gasteiger charge is -2.43. The Labute approximate surface area is 194 Å². The Hall–Kier alpha value is -3.48. The summed E-state index contributed by atoms with van der Waals surface area (Å²) in [5.41, 5.74) is 0.952. The van der Waals surface area contributed by atoms with Crippen molar-refractivity contribution >= 4 is 18.7 Å². The van der Waals surface area contributed by atoms with E-state index in [1.807, 2.05) is 30.3 Å². The van der Waals surface area contributed by atoms with Gasteiger partial charge in [0.15, 0.2) is 0 Å². The molecule has 0 saturated heterocycles. The van der Waals surface area contributed by atoms with E-state index in [1.54, 1.807) is 0 Å². The van der Waals surface area contributed by atoms with Crippen LogP contribution in [-0.4, -0.2) is 14.9 Å². The molecule has 0 amide bonds. The summed E-state index contributed by atoms with van der Waals surface area (Å²) >= 11 is 0. The van der Waals surface area contributed by atoms with Gasteiger partial charge < -0.3 is 4.43 Å². The van der Waals surface area contributed by atoms with Gasteiger partial charge in [-0.25, -0.2) is 0 Å². The first-order valence-corrected chi connectivity index (χ1v) is 12.7. The van der Waals surface area contributed by atoms with E-state index in [9.17, 15) is 0 Å². The maximum atomic E-state index is 6.81. The molecule has 0 aliphatic rings. The van der Waals surface area contributed by atoms with Crippen LogP contribution in [0.1, 0.15) is 32.8 Å². The molecule has 0 aliphatic carbocycles. The van der Waals surface area contributed by atoms with Crippen LogP contribution in [0.25, 0.3) is 0 Å². The lowest BCUT2D eigenvalue weighted by molar-refractivity contribution is 0.306. The summed E-state index contributed by atoms with van der Waals surface area (Å²) in [6, 6.07) is 31.1. The monoisotopic (exact) mass is 432 g/mol. The van der Waals surface area contributed by atoms with Crippen molar-refractivity contribution in [2.24, 2.45) is 0 Å². The van der Waals surface area contributed by atoms with E-state index < -0.39 is 8.32 Å². The summed E-state index contributed by atoms with van der Waals surface area (Å²) in [4.78, 5) is 0. The third-order valence-electron chi connectivity index (χ3n) is 5.22. The standard InChI is InChI=1S/C30H28OSi/c1-30(2,3)32(28-22-14-9-15-23-28,29-24-16-10-17-25-29)31-26-18-7-5-4-6-11-19-27-20-12-8-13-21-27/h8-10,12-17,20-25H,18,26H2,1-3H3. The molecule has 0 unspecified atom stereocenters. The second-order valence-corrected chi connectivity index (χ2v) is 12.7. The highest BCUT2D eigenvalue weighted by molar-refractivity contribution is 6.99. The molecule has 158 valence electrons. The first kappa shape index (κ1) is 23.2. The second-order valence-electron chi connectivity index (χ2n) is 8.43. The highest BCUT2D eigenvalue weighted by Crippen LogP contribution is 2.36. The fourth-order valence-corrected chi connectivity index (χ4v) is 8.37. The molecule has 3 rings (SSSR count). The van der Waals surface area contributed by atoms with E-state index >= 15 is 0 Å². The van der Waals surface area contributed by atoms with Crippen LogP contribution in [0.3, 0.4) is 0 Å². The van der Waals surface area contributed by atoms with E-state index in [0.717, 1.165) is 5.56 Å². The Kier molecular flexibility index (Phi) is 8.13. The minimum absolute atomic E-state index is 0.0318. The third-order valence-corrected chi connectivity index (χ3v) is 10.3. The quantitative estimate of drug-likeness (QED) is 0.313. The van der Waals surface area contributed by atoms with Crippen LogP contribution in [0.4, 0.5) is 0 Å². The van der Waals surface area contributed by atoms with Crippen LogP contribution in [0, 0.1) is 35.5 Å². The van der Waals surface area contributed by atoms with E-state index in [0.29, 0.717) is 13.0 Å². The number of benzene rings is 3. The number of rotatable bonds is 5. The molecule has 3 aromatic rings. The molecule has 0 atom stereocenters. The van der Waals surface area contributed by atoms with Crippen molar-refractivity contribution in [3.05, 3.63) is 96.6 Å². The Bertz CT molecular complexity index is 1130. The molecule has 0 fully saturated rings. The first-order valence-electron chi connectivity index (χ1n) is 10.8. The highest BCUT2D eigenvalue weighted by Gasteiger charge is 2.49. The van der Waals surface area contributed by atoms with Crippen LogP contribution in [0.5, 0.6) is 0 Å². The molecule has 0 bridgehead atoms. The summed E-state index contributed by atoms with van der Waals surface area (Å²) in [7, 11) is -2.49. The van der Waals surface area contributed by atoms with Crippen molar-refractivity contribution < 1.29 is 4.43 Å². The van der Waals surface area contributed by atoms with Crippen molar-refractivity contribution in [1.29, 1.82) is 0 Å². The minimum atomic E-state index is -2.49. The molecule has 0 N–H and O–H groups in total. The summed E-state index contributed by atoms with van der Waals surface area (Å²) in [5, 5.41) is 2.53. The van der Waals surface area contributed by atoms with E-state index in [2.05, 4.69) is 117 Å². The molecular weight excluding hydrogens is 404 g/mol. The normalized spacial score (nSPS) is 10.6. The summed E-state index contributed by atoms with van der Waals surface area (Å²) < 4.78 is 6.81. The van der Waals surface area contributed by atoms with Crippen molar-refractivity contribution in [3.8, 4) is 35.5 Å². The topological polar surface area (TPSA) is 9.23 Å². The molecular formula is C30H28OSi. The van der Waals surface area contributed by atoms with Crippen molar-refractivity contribution in [3.63, 3.8) is 0 Å². The van der Waals surface area contributed by atoms with Gasteiger partial charge in [-0.1, -0.05) is 111 Å². The highest BCUT2D eigenvalue weighted by atomic mass is 28.4. The number of hydrogen-bond acceptors (Lipinski definition) is 1. The molecule has 2 heteroatoms. The summed E-state index contributed by atoms with van der Waals surface area (Å²) in [5.74, 6) is 17.5. The molecule has 0 aliphatic heterocycles. The van der Waals surface area contributed by atoms with Crippen molar-refractivity contribution in [2.45, 2.75) is 32.2 Å². The average Bonchev–Trinajstić information content (AvgIpc) is 2.81. The van der Waals surface area contributed by atoms with E-state index in [4.69, 9.17) is 4.43 Å². The van der Waals surface area contributed by atoms with Gasteiger partial charge >= 0.3 is 0 Å². The molecule has 0 radical (unpaired) electrons. The Morgan fingerprint density at radius 1 is 0.656 bits per heavy atom. The van der Waals surface area contributed by atoms with Gasteiger partial charge in [0.05, 0.1) is 0 Å². The van der Waals surface area contributed by atoms with Crippen LogP contribution < -0.4 is 10.4 Å². The van der Waals surface area contributed by atoms with Gasteiger partial charge in [0.1, 0.15) is 0 Å². The molecule has 3 aromatic carbocycles. The van der Waals surface area contributed by atoms with Gasteiger partial charge in [-0.2, -0.15) is 0 Å². The summed E-state index contributed by atoms with van der Waals surface area (Å²) in [6.07, 6.45) is 0.630. The maximum Gasteiger partial charge on any atom is 0.261 e. The molecule has 1 nitrogen and oxygen atoms in total. The van der Waals surface area contributed by atoms with Gasteiger partial charge in [0, 0.05) is 18.6 Å². The Morgan fingerprint density at radius 2 is 1.16 bits per heavy atom. The lowest BCUT2D eigenvalue weighted by Crippen LogP contribution is -2.66. The molecule has 32 heavy (non-hydrogen) atoms. The largest absolute Gasteiger partial charge is 0.406 e. The Balaban J connectivity index is 1.74. The predicted octanol–water partition coefficient (Wildman–Crippen LogP) is 5.01. The smallest absolute Gasteiger partial charge is 0.261 e. The van der Waals surface area contributed by atoms with Crippen LogP contribution in [-0.2, 0) is 4.43 Å². The van der Waals surface area contributed by atoms with Crippen LogP contribution in [0.2, 0.25) is 5.04 Å². The zero-order chi connectivity index (χ0) is 22.7. The van der Waals surface area contributed by atoms with Gasteiger partial charge in [0.2, 0.25) is 0 Å². The van der Waals surface area contributed by atoms with Gasteiger partial charge in [-0.3, -0.25) is 0 Å². The molecule has 0 spiro atoms. The van der Waals surface area contributed by atoms with Crippen LogP contribution in [0.15, 0.2) is 91.0 Å². The average molecular weight is 433 g/mol. The lowest BCUT2D eigenvalue weighted by atomic mass is 10.2. The van der Waals surface area contributed by atoms with Crippen LogP contribution >= 0.6 is 0 Å². The fraction of sp³-hybridized carbons (Fsp3) is 0.200. The predicted molar refractivity (Wildman–Crippen MR) is 137 cm³/mol. The van der Waals surface area contributed by atoms with E-state index in [-0.39, 0.29) is 5.04 Å².